The highest BCUT2D eigenvalue weighted by atomic mass is 19.4. The topological polar surface area (TPSA) is 12.9 Å². The molecule has 0 atom stereocenters. The Hall–Kier alpha value is -4.44. The number of pyridine rings is 1. The lowest BCUT2D eigenvalue weighted by Gasteiger charge is -2.13. The Morgan fingerprint density at radius 2 is 1.24 bits per heavy atom. The van der Waals surface area contributed by atoms with Gasteiger partial charge < -0.3 is 0 Å². The van der Waals surface area contributed by atoms with Gasteiger partial charge in [-0.25, -0.2) is 0 Å². The molecule has 4 heteroatoms. The molecule has 0 radical (unpaired) electrons. The number of nitrogens with zero attached hydrogens (tertiary/aromatic N) is 1. The Balaban J connectivity index is 1.37. The van der Waals surface area contributed by atoms with Crippen LogP contribution < -0.4 is 0 Å². The molecule has 0 aliphatic heterocycles. The molecule has 0 N–H and O–H groups in total. The van der Waals surface area contributed by atoms with Gasteiger partial charge in [-0.15, -0.1) is 0 Å². The van der Waals surface area contributed by atoms with Gasteiger partial charge in [-0.05, 0) is 80.9 Å². The molecule has 6 aromatic rings. The third-order valence-corrected chi connectivity index (χ3v) is 7.06. The van der Waals surface area contributed by atoms with Crippen molar-refractivity contribution in [2.75, 3.05) is 0 Å². The van der Waals surface area contributed by atoms with E-state index in [0.29, 0.717) is 17.5 Å². The largest absolute Gasteiger partial charge is 0.416 e. The standard InChI is InChI=1S/C34H24F3N/c1-2-22-17-29(21-31(18-22)34(35,36)37)28-15-11-24-10-14-27(19-30(24)20-28)23-8-12-25(13-9-23)32-7-3-5-26-6-4-16-38-33(26)32/h3-21H,2H2,1H3. The number of aryl methyl sites for hydroxylation is 1. The lowest BCUT2D eigenvalue weighted by Crippen LogP contribution is -2.06. The van der Waals surface area contributed by atoms with E-state index in [9.17, 15) is 13.2 Å². The first-order chi connectivity index (χ1) is 18.4. The van der Waals surface area contributed by atoms with Crippen LogP contribution in [0.4, 0.5) is 13.2 Å². The van der Waals surface area contributed by atoms with Gasteiger partial charge in [0.1, 0.15) is 0 Å². The summed E-state index contributed by atoms with van der Waals surface area (Å²) in [7, 11) is 0. The average molecular weight is 504 g/mol. The number of hydrogen-bond donors (Lipinski definition) is 0. The van der Waals surface area contributed by atoms with Crippen LogP contribution in [0.2, 0.25) is 0 Å². The van der Waals surface area contributed by atoms with Crippen LogP contribution in [0.15, 0.2) is 115 Å². The maximum Gasteiger partial charge on any atom is 0.416 e. The molecule has 0 fully saturated rings. The minimum Gasteiger partial charge on any atom is -0.256 e. The van der Waals surface area contributed by atoms with Crippen LogP contribution in [0, 0.1) is 0 Å². The van der Waals surface area contributed by atoms with Crippen LogP contribution in [0.5, 0.6) is 0 Å². The zero-order chi connectivity index (χ0) is 26.3. The lowest BCUT2D eigenvalue weighted by atomic mass is 9.94. The van der Waals surface area contributed by atoms with E-state index < -0.39 is 11.7 Å². The van der Waals surface area contributed by atoms with Crippen molar-refractivity contribution >= 4 is 21.7 Å². The minimum atomic E-state index is -4.38. The molecule has 0 amide bonds. The fourth-order valence-electron chi connectivity index (χ4n) is 5.01. The van der Waals surface area contributed by atoms with Crippen molar-refractivity contribution in [2.45, 2.75) is 19.5 Å². The molecule has 0 unspecified atom stereocenters. The normalized spacial score (nSPS) is 11.8. The van der Waals surface area contributed by atoms with Gasteiger partial charge in [0.2, 0.25) is 0 Å². The predicted octanol–water partition coefficient (Wildman–Crippen LogP) is 9.97. The highest BCUT2D eigenvalue weighted by molar-refractivity contribution is 5.94. The zero-order valence-electron chi connectivity index (χ0n) is 20.8. The Bertz CT molecular complexity index is 1780. The van der Waals surface area contributed by atoms with Gasteiger partial charge in [0.05, 0.1) is 11.1 Å². The summed E-state index contributed by atoms with van der Waals surface area (Å²) in [6, 6.07) is 35.0. The number of halogens is 3. The van der Waals surface area contributed by atoms with E-state index >= 15 is 0 Å². The number of fused-ring (bicyclic) bond motifs is 2. The molecule has 0 aliphatic carbocycles. The van der Waals surface area contributed by atoms with E-state index in [1.807, 2.05) is 49.5 Å². The van der Waals surface area contributed by atoms with Crippen LogP contribution in [0.1, 0.15) is 18.1 Å². The second kappa shape index (κ2) is 9.46. The van der Waals surface area contributed by atoms with Crippen molar-refractivity contribution < 1.29 is 13.2 Å². The van der Waals surface area contributed by atoms with Gasteiger partial charge in [-0.1, -0.05) is 85.8 Å². The Labute approximate surface area is 219 Å². The SMILES string of the molecule is CCc1cc(-c2ccc3ccc(-c4ccc(-c5cccc6cccnc56)cc4)cc3c2)cc(C(F)(F)F)c1. The third kappa shape index (κ3) is 4.54. The first-order valence-electron chi connectivity index (χ1n) is 12.6. The van der Waals surface area contributed by atoms with Gasteiger partial charge in [-0.3, -0.25) is 4.98 Å². The molecule has 6 rings (SSSR count). The summed E-state index contributed by atoms with van der Waals surface area (Å²) in [4.78, 5) is 4.57. The molecular formula is C34H24F3N. The second-order valence-corrected chi connectivity index (χ2v) is 9.50. The van der Waals surface area contributed by atoms with Gasteiger partial charge in [-0.2, -0.15) is 13.2 Å². The van der Waals surface area contributed by atoms with Crippen molar-refractivity contribution in [3.8, 4) is 33.4 Å². The molecule has 38 heavy (non-hydrogen) atoms. The van der Waals surface area contributed by atoms with Gasteiger partial charge in [0, 0.05) is 17.1 Å². The lowest BCUT2D eigenvalue weighted by molar-refractivity contribution is -0.137. The maximum atomic E-state index is 13.5. The van der Waals surface area contributed by atoms with Crippen LogP contribution in [0.25, 0.3) is 55.1 Å². The van der Waals surface area contributed by atoms with E-state index in [0.717, 1.165) is 49.5 Å². The summed E-state index contributed by atoms with van der Waals surface area (Å²) in [5.41, 5.74) is 6.69. The average Bonchev–Trinajstić information content (AvgIpc) is 2.95. The summed E-state index contributed by atoms with van der Waals surface area (Å²) in [5.74, 6) is 0. The highest BCUT2D eigenvalue weighted by Gasteiger charge is 2.31. The monoisotopic (exact) mass is 503 g/mol. The van der Waals surface area contributed by atoms with E-state index in [1.165, 1.54) is 12.1 Å². The number of para-hydroxylation sites is 1. The Kier molecular flexibility index (Phi) is 5.96. The molecule has 0 saturated carbocycles. The van der Waals surface area contributed by atoms with Gasteiger partial charge >= 0.3 is 6.18 Å². The summed E-state index contributed by atoms with van der Waals surface area (Å²) in [5, 5.41) is 3.13. The summed E-state index contributed by atoms with van der Waals surface area (Å²) in [6.45, 7) is 1.87. The fraction of sp³-hybridized carbons (Fsp3) is 0.0882. The van der Waals surface area contributed by atoms with Gasteiger partial charge in [0.15, 0.2) is 0 Å². The van der Waals surface area contributed by atoms with Crippen molar-refractivity contribution in [3.05, 3.63) is 127 Å². The molecule has 1 heterocycles. The number of hydrogen-bond acceptors (Lipinski definition) is 1. The molecule has 0 spiro atoms. The van der Waals surface area contributed by atoms with Crippen LogP contribution >= 0.6 is 0 Å². The smallest absolute Gasteiger partial charge is 0.256 e. The van der Waals surface area contributed by atoms with Crippen molar-refractivity contribution in [3.63, 3.8) is 0 Å². The molecule has 186 valence electrons. The number of benzene rings is 5. The highest BCUT2D eigenvalue weighted by Crippen LogP contribution is 2.35. The van der Waals surface area contributed by atoms with Gasteiger partial charge in [0.25, 0.3) is 0 Å². The molecule has 0 saturated heterocycles. The van der Waals surface area contributed by atoms with Crippen LogP contribution in [-0.4, -0.2) is 4.98 Å². The predicted molar refractivity (Wildman–Crippen MR) is 150 cm³/mol. The van der Waals surface area contributed by atoms with E-state index in [-0.39, 0.29) is 0 Å². The van der Waals surface area contributed by atoms with Crippen LogP contribution in [0.3, 0.4) is 0 Å². The molecule has 1 nitrogen and oxygen atoms in total. The summed E-state index contributed by atoms with van der Waals surface area (Å²) in [6.07, 6.45) is -2.02. The minimum absolute atomic E-state index is 0.541. The van der Waals surface area contributed by atoms with Crippen molar-refractivity contribution in [2.24, 2.45) is 0 Å². The van der Waals surface area contributed by atoms with E-state index in [2.05, 4.69) is 65.6 Å². The first kappa shape index (κ1) is 23.9. The van der Waals surface area contributed by atoms with Crippen molar-refractivity contribution in [1.82, 2.24) is 4.98 Å². The van der Waals surface area contributed by atoms with Crippen molar-refractivity contribution in [1.29, 1.82) is 0 Å². The molecule has 0 aliphatic rings. The Morgan fingerprint density at radius 3 is 1.95 bits per heavy atom. The zero-order valence-corrected chi connectivity index (χ0v) is 20.8. The van der Waals surface area contributed by atoms with E-state index in [1.54, 1.807) is 0 Å². The number of alkyl halides is 3. The molecular weight excluding hydrogens is 479 g/mol. The first-order valence-corrected chi connectivity index (χ1v) is 12.6. The number of rotatable bonds is 4. The molecule has 0 bridgehead atoms. The summed E-state index contributed by atoms with van der Waals surface area (Å²) < 4.78 is 40.5. The second-order valence-electron chi connectivity index (χ2n) is 9.50. The third-order valence-electron chi connectivity index (χ3n) is 7.06. The molecule has 1 aromatic heterocycles. The fourth-order valence-corrected chi connectivity index (χ4v) is 5.01. The maximum absolute atomic E-state index is 13.5. The number of aromatic nitrogens is 1. The summed E-state index contributed by atoms with van der Waals surface area (Å²) >= 11 is 0. The quantitative estimate of drug-likeness (QED) is 0.233. The molecule has 5 aromatic carbocycles. The van der Waals surface area contributed by atoms with E-state index in [4.69, 9.17) is 0 Å². The Morgan fingerprint density at radius 1 is 0.579 bits per heavy atom. The van der Waals surface area contributed by atoms with Crippen LogP contribution in [-0.2, 0) is 12.6 Å².